The molecule has 0 fully saturated rings. The highest BCUT2D eigenvalue weighted by Gasteiger charge is 2.36. The first-order valence-electron chi connectivity index (χ1n) is 30.9. The summed E-state index contributed by atoms with van der Waals surface area (Å²) >= 11 is 0. The summed E-state index contributed by atoms with van der Waals surface area (Å²) in [5, 5.41) is 3.96. The molecule has 11 aromatic carbocycles. The number of aromatic nitrogens is 2. The van der Waals surface area contributed by atoms with E-state index in [0.29, 0.717) is 0 Å². The Morgan fingerprint density at radius 3 is 1.41 bits per heavy atom. The van der Waals surface area contributed by atoms with Gasteiger partial charge in [-0.15, -0.1) is 31.9 Å². The third-order valence-corrected chi connectivity index (χ3v) is 24.2. The highest BCUT2D eigenvalue weighted by molar-refractivity contribution is 8.34. The normalized spacial score (nSPS) is 12.5. The Morgan fingerprint density at radius 2 is 0.851 bits per heavy atom. The average molecular weight is 1120 g/mol. The van der Waals surface area contributed by atoms with Crippen molar-refractivity contribution in [3.8, 4) is 44.8 Å². The number of hydrogen-bond donors (Lipinski definition) is 0. The van der Waals surface area contributed by atoms with Crippen LogP contribution in [0.1, 0.15) is 23.2 Å². The Morgan fingerprint density at radius 1 is 0.379 bits per heavy atom. The molecule has 0 bridgehead atoms. The van der Waals surface area contributed by atoms with Crippen molar-refractivity contribution in [2.75, 3.05) is 0 Å². The van der Waals surface area contributed by atoms with E-state index in [4.69, 9.17) is 0 Å². The predicted molar refractivity (Wildman–Crippen MR) is 412 cm³/mol. The molecule has 0 saturated heterocycles. The van der Waals surface area contributed by atoms with Gasteiger partial charge in [0.1, 0.15) is 94.2 Å². The van der Waals surface area contributed by atoms with Crippen molar-refractivity contribution in [1.82, 2.24) is 9.13 Å². The molecule has 0 aliphatic heterocycles. The number of allylic oxidation sites excluding steroid dienone is 1. The van der Waals surface area contributed by atoms with Crippen molar-refractivity contribution in [3.05, 3.63) is 229 Å². The molecule has 0 amide bonds. The second kappa shape index (κ2) is 22.0. The minimum absolute atomic E-state index is 0.858. The highest BCUT2D eigenvalue weighted by atomic mass is 32.3. The Bertz CT molecular complexity index is 4790. The summed E-state index contributed by atoms with van der Waals surface area (Å²) in [4.78, 5) is 5.09. The van der Waals surface area contributed by atoms with E-state index in [9.17, 15) is 0 Å². The van der Waals surface area contributed by atoms with Gasteiger partial charge in [-0.25, -0.2) is 0 Å². The molecule has 0 radical (unpaired) electrons. The summed E-state index contributed by atoms with van der Waals surface area (Å²) < 4.78 is 5.33. The number of hydrogen-bond acceptors (Lipinski definition) is 0. The summed E-state index contributed by atoms with van der Waals surface area (Å²) in [6, 6.07) is 81.9. The van der Waals surface area contributed by atoms with Crippen LogP contribution in [0.3, 0.4) is 0 Å². The zero-order chi connectivity index (χ0) is 60.2. The summed E-state index contributed by atoms with van der Waals surface area (Å²) in [6.07, 6.45) is 4.30. The van der Waals surface area contributed by atoms with E-state index in [0.717, 1.165) is 35.2 Å². The van der Waals surface area contributed by atoms with Crippen LogP contribution in [0.5, 0.6) is 0 Å². The number of fused-ring (bicyclic) bond motifs is 6. The number of benzene rings is 10. The van der Waals surface area contributed by atoms with Gasteiger partial charge >= 0.3 is 0 Å². The van der Waals surface area contributed by atoms with E-state index >= 15 is 0 Å². The van der Waals surface area contributed by atoms with Crippen LogP contribution in [0.25, 0.3) is 89.1 Å². The maximum Gasteiger partial charge on any atom is 0.141 e. The first-order chi connectivity index (χ1) is 42.2. The molecule has 2 aromatic heterocycles. The minimum atomic E-state index is -2.12. The molecule has 87 heavy (non-hydrogen) atoms. The molecule has 0 N–H and O–H groups in total. The zero-order valence-corrected chi connectivity index (χ0v) is 53.2. The molecule has 0 unspecified atom stereocenters. The second-order valence-corrected chi connectivity index (χ2v) is 27.6. The molecule has 13 aromatic rings. The average Bonchev–Trinajstić information content (AvgIpc) is 1.91. The van der Waals surface area contributed by atoms with Gasteiger partial charge in [-0.05, 0) is 131 Å². The van der Waals surface area contributed by atoms with E-state index in [1.165, 1.54) is 163 Å². The zero-order valence-electron chi connectivity index (χ0n) is 52.3. The van der Waals surface area contributed by atoms with Gasteiger partial charge in [0, 0.05) is 75.0 Å². The number of rotatable bonds is 10. The third-order valence-electron chi connectivity index (χ3n) is 20.3. The Hall–Kier alpha value is -8.55. The van der Waals surface area contributed by atoms with Crippen molar-refractivity contribution in [3.63, 3.8) is 0 Å². The van der Waals surface area contributed by atoms with Crippen LogP contribution in [0.15, 0.2) is 220 Å². The van der Waals surface area contributed by atoms with Crippen molar-refractivity contribution < 1.29 is 0 Å². The smallest absolute Gasteiger partial charge is 0.141 e. The first kappa shape index (κ1) is 56.3. The van der Waals surface area contributed by atoms with Crippen LogP contribution in [-0.2, 0) is 6.42 Å². The van der Waals surface area contributed by atoms with Crippen LogP contribution >= 0.6 is 10.0 Å². The van der Waals surface area contributed by atoms with E-state index in [2.05, 4.69) is 316 Å². The first-order valence-corrected chi connectivity index (χ1v) is 32.5. The molecule has 402 valence electrons. The predicted octanol–water partition coefficient (Wildman–Crippen LogP) is -1.74. The highest BCUT2D eigenvalue weighted by Crippen LogP contribution is 2.74. The van der Waals surface area contributed by atoms with Crippen LogP contribution < -0.4 is 65.6 Å². The Kier molecular flexibility index (Phi) is 14.2. The number of nitrogens with zero attached hydrogens (tertiary/aromatic N) is 2. The van der Waals surface area contributed by atoms with Gasteiger partial charge in [0.2, 0.25) is 0 Å². The molecule has 15 heteroatoms. The van der Waals surface area contributed by atoms with Gasteiger partial charge < -0.3 is 9.13 Å². The lowest BCUT2D eigenvalue weighted by atomic mass is 9.57. The fraction of sp³-hybridized carbons (Fsp3) is 0.0278. The molecule has 0 atom stereocenters. The maximum absolute atomic E-state index is 3.70. The molecule has 2 nitrogen and oxygen atoms in total. The minimum Gasteiger partial charge on any atom is -0.312 e. The van der Waals surface area contributed by atoms with Gasteiger partial charge in [-0.1, -0.05) is 177 Å². The van der Waals surface area contributed by atoms with Gasteiger partial charge in [0.05, 0.1) is 11.2 Å². The SMILES string of the molecule is Bc1c(B)c(B)c(-c2c(B)c(B)c3c(c2B)c2c(B)c(B)c(B)c(B)c2n3-c2ccc3c(c2)c2c(n3-c3c(-c4c#cccc4)cc(S(c4ccccc4)(c4ccccc4)c4ccccc4)cc3-c3ccccc3)CCC(c3ccccc3)=C2)c(B)c1B. The van der Waals surface area contributed by atoms with Crippen LogP contribution in [0.2, 0.25) is 0 Å². The van der Waals surface area contributed by atoms with Crippen LogP contribution in [-0.4, -0.2) is 103 Å². The summed E-state index contributed by atoms with van der Waals surface area (Å²) in [5.74, 6) is 0. The fourth-order valence-electron chi connectivity index (χ4n) is 15.0. The van der Waals surface area contributed by atoms with Crippen molar-refractivity contribution in [2.24, 2.45) is 0 Å². The van der Waals surface area contributed by atoms with E-state index in [-0.39, 0.29) is 0 Å². The van der Waals surface area contributed by atoms with Gasteiger partial charge in [-0.2, -0.15) is 0 Å². The van der Waals surface area contributed by atoms with Gasteiger partial charge in [-0.3, -0.25) is 0 Å². The summed E-state index contributed by atoms with van der Waals surface area (Å²) in [5.41, 5.74) is 34.9. The summed E-state index contributed by atoms with van der Waals surface area (Å²) in [6.45, 7) is 0. The van der Waals surface area contributed by atoms with Crippen molar-refractivity contribution in [1.29, 1.82) is 0 Å². The van der Waals surface area contributed by atoms with E-state index in [1.807, 2.05) is 6.07 Å². The molecule has 0 saturated carbocycles. The molecular weight excluding hydrogens is 1050 g/mol. The third kappa shape index (κ3) is 8.67. The monoisotopic (exact) mass is 1120 g/mol. The largest absolute Gasteiger partial charge is 0.312 e. The lowest BCUT2D eigenvalue weighted by Crippen LogP contribution is -2.56. The molecule has 14 rings (SSSR count). The van der Waals surface area contributed by atoms with E-state index < -0.39 is 10.0 Å². The lowest BCUT2D eigenvalue weighted by molar-refractivity contribution is 0.898. The molecular formula is C72H62B12N2S. The molecule has 1 aliphatic carbocycles. The fourth-order valence-corrected chi connectivity index (χ4v) is 18.9. The molecule has 0 spiro atoms. The molecule has 2 heterocycles. The van der Waals surface area contributed by atoms with Crippen LogP contribution in [0.4, 0.5) is 0 Å². The topological polar surface area (TPSA) is 9.86 Å². The Labute approximate surface area is 525 Å². The second-order valence-electron chi connectivity index (χ2n) is 24.5. The lowest BCUT2D eigenvalue weighted by Gasteiger charge is -2.42. The van der Waals surface area contributed by atoms with Crippen LogP contribution in [0, 0.1) is 12.1 Å². The maximum atomic E-state index is 3.70. The van der Waals surface area contributed by atoms with Gasteiger partial charge in [0.15, 0.2) is 0 Å². The quantitative estimate of drug-likeness (QED) is 0.144. The molecule has 1 aliphatic rings. The van der Waals surface area contributed by atoms with Crippen molar-refractivity contribution >= 4 is 214 Å². The summed E-state index contributed by atoms with van der Waals surface area (Å²) in [7, 11) is 26.1. The van der Waals surface area contributed by atoms with Crippen molar-refractivity contribution in [2.45, 2.75) is 32.4 Å². The van der Waals surface area contributed by atoms with Gasteiger partial charge in [0.25, 0.3) is 0 Å². The Balaban J connectivity index is 1.13. The van der Waals surface area contributed by atoms with E-state index in [1.54, 1.807) is 0 Å². The standard InChI is InChI=1S/C72H62B12N2S/c73-58-54(55-59(74)63(78)66(81)64(79)60(55)75)61(76)68(83)71-56(58)57-62(77)65(80)67(82)69(84)72(57)85(71)43-32-34-53-51(36-43)50-35-42(39-19-7-1-8-20-39)31-33-52(50)86(53)70-48(40-21-9-2-10-22-40)37-47(38-49(70)41-23-11-3-12-24-41)87(44-25-13-4-14-26-44,45-27-15-5-16-28-45)46-29-17-6-18-30-46/h1-11,13-23,25-30,32,34-38H,31,33,73-84H2.